The molecule has 2 aliphatic heterocycles. The second-order valence-corrected chi connectivity index (χ2v) is 2.83. The van der Waals surface area contributed by atoms with Crippen molar-refractivity contribution in [1.82, 2.24) is 0 Å². The highest BCUT2D eigenvalue weighted by Crippen LogP contribution is 2.27. The van der Waals surface area contributed by atoms with Crippen LogP contribution >= 0.6 is 0 Å². The molecular formula is C7H11NO3. The molecule has 2 aliphatic rings. The lowest BCUT2D eigenvalue weighted by atomic mass is 9.96. The second-order valence-electron chi connectivity index (χ2n) is 2.83. The minimum absolute atomic E-state index is 0.00940. The molecule has 0 aromatic heterocycles. The maximum Gasteiger partial charge on any atom is 0.235 e. The number of ether oxygens (including phenoxy) is 1. The van der Waals surface area contributed by atoms with Crippen LogP contribution in [0.2, 0.25) is 0 Å². The monoisotopic (exact) mass is 157 g/mol. The number of hydrogen-bond donors (Lipinski definition) is 1. The molecule has 0 aromatic carbocycles. The Kier molecular flexibility index (Phi) is 1.79. The smallest absolute Gasteiger partial charge is 0.235 e. The Morgan fingerprint density at radius 3 is 3.36 bits per heavy atom. The molecule has 0 aliphatic carbocycles. The summed E-state index contributed by atoms with van der Waals surface area (Å²) in [7, 11) is 0. The predicted octanol–water partition coefficient (Wildman–Crippen LogP) is 0.118. The van der Waals surface area contributed by atoms with E-state index >= 15 is 0 Å². The fourth-order valence-electron chi connectivity index (χ4n) is 1.52. The van der Waals surface area contributed by atoms with Gasteiger partial charge in [0, 0.05) is 0 Å². The van der Waals surface area contributed by atoms with Crippen molar-refractivity contribution in [2.45, 2.75) is 19.1 Å². The van der Waals surface area contributed by atoms with Crippen molar-refractivity contribution in [1.29, 1.82) is 0 Å². The first-order chi connectivity index (χ1) is 5.42. The molecule has 2 heterocycles. The summed E-state index contributed by atoms with van der Waals surface area (Å²) in [5.41, 5.74) is 0.731. The van der Waals surface area contributed by atoms with Gasteiger partial charge in [-0.1, -0.05) is 5.16 Å². The SMILES string of the molecule is OCC1=NOC2OCCCC12. The summed E-state index contributed by atoms with van der Waals surface area (Å²) in [6.45, 7) is 0.736. The maximum absolute atomic E-state index is 8.84. The molecule has 2 unspecified atom stereocenters. The normalized spacial score (nSPS) is 35.9. The molecule has 0 aromatic rings. The highest BCUT2D eigenvalue weighted by atomic mass is 16.8. The largest absolute Gasteiger partial charge is 0.390 e. The van der Waals surface area contributed by atoms with Gasteiger partial charge in [0.1, 0.15) is 0 Å². The number of aliphatic hydroxyl groups is 1. The Hall–Kier alpha value is -0.610. The number of nitrogens with zero attached hydrogens (tertiary/aromatic N) is 1. The summed E-state index contributed by atoms with van der Waals surface area (Å²) in [6, 6.07) is 0. The van der Waals surface area contributed by atoms with E-state index in [0.29, 0.717) is 0 Å². The third-order valence-electron chi connectivity index (χ3n) is 2.13. The summed E-state index contributed by atoms with van der Waals surface area (Å²) in [4.78, 5) is 4.97. The molecule has 0 radical (unpaired) electrons. The highest BCUT2D eigenvalue weighted by molar-refractivity contribution is 5.88. The lowest BCUT2D eigenvalue weighted by molar-refractivity contribution is -0.162. The first-order valence-electron chi connectivity index (χ1n) is 3.87. The molecule has 4 heteroatoms. The van der Waals surface area contributed by atoms with Gasteiger partial charge in [0.05, 0.1) is 24.8 Å². The Labute approximate surface area is 64.8 Å². The fraction of sp³-hybridized carbons (Fsp3) is 0.857. The first-order valence-corrected chi connectivity index (χ1v) is 3.87. The minimum atomic E-state index is -0.217. The van der Waals surface area contributed by atoms with E-state index < -0.39 is 0 Å². The quantitative estimate of drug-likeness (QED) is 0.588. The van der Waals surface area contributed by atoms with Gasteiger partial charge in [-0.15, -0.1) is 0 Å². The molecule has 0 spiro atoms. The van der Waals surface area contributed by atoms with Crippen molar-refractivity contribution in [2.75, 3.05) is 13.2 Å². The van der Waals surface area contributed by atoms with E-state index in [9.17, 15) is 0 Å². The molecule has 1 N–H and O–H groups in total. The van der Waals surface area contributed by atoms with Crippen LogP contribution in [0.25, 0.3) is 0 Å². The van der Waals surface area contributed by atoms with Gasteiger partial charge in [-0.2, -0.15) is 0 Å². The van der Waals surface area contributed by atoms with E-state index in [2.05, 4.69) is 5.16 Å². The van der Waals surface area contributed by atoms with E-state index in [4.69, 9.17) is 14.7 Å². The Morgan fingerprint density at radius 1 is 1.64 bits per heavy atom. The minimum Gasteiger partial charge on any atom is -0.390 e. The summed E-state index contributed by atoms with van der Waals surface area (Å²) in [5.74, 6) is 0.203. The maximum atomic E-state index is 8.84. The zero-order chi connectivity index (χ0) is 7.68. The van der Waals surface area contributed by atoms with Crippen LogP contribution in [0.15, 0.2) is 5.16 Å². The number of oxime groups is 1. The van der Waals surface area contributed by atoms with Crippen LogP contribution in [-0.4, -0.2) is 30.3 Å². The summed E-state index contributed by atoms with van der Waals surface area (Å²) in [5, 5.41) is 12.6. The van der Waals surface area contributed by atoms with E-state index in [1.807, 2.05) is 0 Å². The van der Waals surface area contributed by atoms with Gasteiger partial charge in [0.15, 0.2) is 0 Å². The number of fused-ring (bicyclic) bond motifs is 1. The molecule has 1 fully saturated rings. The lowest BCUT2D eigenvalue weighted by Crippen LogP contribution is -2.32. The predicted molar refractivity (Wildman–Crippen MR) is 38.1 cm³/mol. The molecule has 1 saturated heterocycles. The Balaban J connectivity index is 2.05. The topological polar surface area (TPSA) is 51.1 Å². The van der Waals surface area contributed by atoms with E-state index in [1.165, 1.54) is 0 Å². The van der Waals surface area contributed by atoms with Crippen LogP contribution in [0.5, 0.6) is 0 Å². The van der Waals surface area contributed by atoms with Crippen molar-refractivity contribution in [2.24, 2.45) is 11.1 Å². The van der Waals surface area contributed by atoms with Gasteiger partial charge in [-0.3, -0.25) is 0 Å². The highest BCUT2D eigenvalue weighted by Gasteiger charge is 2.36. The molecule has 4 nitrogen and oxygen atoms in total. The lowest BCUT2D eigenvalue weighted by Gasteiger charge is -2.23. The van der Waals surface area contributed by atoms with Crippen molar-refractivity contribution >= 4 is 5.71 Å². The van der Waals surface area contributed by atoms with E-state index in [0.717, 1.165) is 25.2 Å². The standard InChI is InChI=1S/C7H11NO3/c9-4-6-5-2-1-3-10-7(5)11-8-6/h5,7,9H,1-4H2. The third kappa shape index (κ3) is 1.12. The van der Waals surface area contributed by atoms with Gasteiger partial charge < -0.3 is 14.7 Å². The van der Waals surface area contributed by atoms with E-state index in [-0.39, 0.29) is 18.8 Å². The third-order valence-corrected chi connectivity index (χ3v) is 2.13. The van der Waals surface area contributed by atoms with Crippen molar-refractivity contribution in [3.05, 3.63) is 0 Å². The second kappa shape index (κ2) is 2.79. The van der Waals surface area contributed by atoms with Gasteiger partial charge >= 0.3 is 0 Å². The average Bonchev–Trinajstić information content (AvgIpc) is 2.47. The van der Waals surface area contributed by atoms with Crippen molar-refractivity contribution < 1.29 is 14.7 Å². The van der Waals surface area contributed by atoms with Crippen molar-refractivity contribution in [3.63, 3.8) is 0 Å². The van der Waals surface area contributed by atoms with Crippen LogP contribution in [0.1, 0.15) is 12.8 Å². The zero-order valence-corrected chi connectivity index (χ0v) is 6.19. The molecule has 11 heavy (non-hydrogen) atoms. The molecule has 0 saturated carbocycles. The Morgan fingerprint density at radius 2 is 2.55 bits per heavy atom. The molecular weight excluding hydrogens is 146 g/mol. The number of hydrogen-bond acceptors (Lipinski definition) is 4. The summed E-state index contributed by atoms with van der Waals surface area (Å²) in [6.07, 6.45) is 1.83. The summed E-state index contributed by atoms with van der Waals surface area (Å²) >= 11 is 0. The molecule has 0 amide bonds. The number of aliphatic hydroxyl groups excluding tert-OH is 1. The zero-order valence-electron chi connectivity index (χ0n) is 6.19. The first kappa shape index (κ1) is 7.06. The summed E-state index contributed by atoms with van der Waals surface area (Å²) < 4.78 is 5.29. The van der Waals surface area contributed by atoms with Crippen molar-refractivity contribution in [3.8, 4) is 0 Å². The Bertz CT molecular complexity index is 181. The fourth-order valence-corrected chi connectivity index (χ4v) is 1.52. The number of rotatable bonds is 1. The van der Waals surface area contributed by atoms with E-state index in [1.54, 1.807) is 0 Å². The van der Waals surface area contributed by atoms with Crippen LogP contribution < -0.4 is 0 Å². The molecule has 2 atom stereocenters. The van der Waals surface area contributed by atoms with Crippen LogP contribution in [0, 0.1) is 5.92 Å². The van der Waals surface area contributed by atoms with Gasteiger partial charge in [-0.25, -0.2) is 0 Å². The molecule has 62 valence electrons. The molecule has 0 bridgehead atoms. The van der Waals surface area contributed by atoms with Crippen LogP contribution in [0.4, 0.5) is 0 Å². The van der Waals surface area contributed by atoms with Crippen LogP contribution in [0.3, 0.4) is 0 Å². The van der Waals surface area contributed by atoms with Crippen LogP contribution in [-0.2, 0) is 9.57 Å². The molecule has 2 rings (SSSR count). The van der Waals surface area contributed by atoms with Gasteiger partial charge in [-0.05, 0) is 12.8 Å². The average molecular weight is 157 g/mol. The van der Waals surface area contributed by atoms with Gasteiger partial charge in [0.2, 0.25) is 6.29 Å². The van der Waals surface area contributed by atoms with Gasteiger partial charge in [0.25, 0.3) is 0 Å².